The van der Waals surface area contributed by atoms with Gasteiger partial charge in [-0.2, -0.15) is 0 Å². The van der Waals surface area contributed by atoms with Gasteiger partial charge in [0.25, 0.3) is 10.0 Å². The van der Waals surface area contributed by atoms with Crippen molar-refractivity contribution in [2.24, 2.45) is 0 Å². The number of halogens is 3. The molecule has 1 amide bonds. The number of sulfonamides is 1. The maximum atomic E-state index is 13.6. The largest absolute Gasteiger partial charge is 0.278 e. The molecular formula is C15H13ClF2N2O3S2. The molecule has 0 aliphatic heterocycles. The van der Waals surface area contributed by atoms with E-state index in [0.29, 0.717) is 5.75 Å². The van der Waals surface area contributed by atoms with Gasteiger partial charge in [0.15, 0.2) is 0 Å². The summed E-state index contributed by atoms with van der Waals surface area (Å²) in [5, 5.41) is 0.0540. The van der Waals surface area contributed by atoms with Crippen LogP contribution in [-0.4, -0.2) is 20.1 Å². The fourth-order valence-corrected chi connectivity index (χ4v) is 3.66. The fraction of sp³-hybridized carbons (Fsp3) is 0.133. The van der Waals surface area contributed by atoms with Gasteiger partial charge in [0, 0.05) is 22.1 Å². The molecule has 10 heteroatoms. The first-order valence-electron chi connectivity index (χ1n) is 6.92. The Kier molecular flexibility index (Phi) is 6.77. The van der Waals surface area contributed by atoms with Crippen LogP contribution in [0.2, 0.25) is 5.02 Å². The summed E-state index contributed by atoms with van der Waals surface area (Å²) in [6, 6.07) is 8.83. The number of hydrogen-bond acceptors (Lipinski definition) is 4. The molecule has 25 heavy (non-hydrogen) atoms. The zero-order chi connectivity index (χ0) is 18.4. The Morgan fingerprint density at radius 3 is 2.44 bits per heavy atom. The highest BCUT2D eigenvalue weighted by atomic mass is 35.5. The van der Waals surface area contributed by atoms with Crippen molar-refractivity contribution in [3.8, 4) is 0 Å². The molecule has 0 saturated heterocycles. The maximum Gasteiger partial charge on any atom is 0.260 e. The molecule has 2 aromatic rings. The molecule has 5 nitrogen and oxygen atoms in total. The molecule has 0 fully saturated rings. The van der Waals surface area contributed by atoms with E-state index in [1.54, 1.807) is 12.1 Å². The highest BCUT2D eigenvalue weighted by Gasteiger charge is 2.19. The molecule has 0 unspecified atom stereocenters. The lowest BCUT2D eigenvalue weighted by Gasteiger charge is -2.09. The van der Waals surface area contributed by atoms with Crippen LogP contribution in [0.5, 0.6) is 0 Å². The van der Waals surface area contributed by atoms with Gasteiger partial charge in [-0.25, -0.2) is 17.2 Å². The van der Waals surface area contributed by atoms with Crippen molar-refractivity contribution >= 4 is 39.3 Å². The van der Waals surface area contributed by atoms with Crippen LogP contribution in [0.1, 0.15) is 6.42 Å². The summed E-state index contributed by atoms with van der Waals surface area (Å²) in [6.45, 7) is 0. The molecule has 0 aromatic heterocycles. The summed E-state index contributed by atoms with van der Waals surface area (Å²) in [5.74, 6) is -1.62. The van der Waals surface area contributed by atoms with Crippen molar-refractivity contribution in [3.05, 3.63) is 59.1 Å². The van der Waals surface area contributed by atoms with E-state index >= 15 is 0 Å². The third-order valence-electron chi connectivity index (χ3n) is 2.92. The van der Waals surface area contributed by atoms with E-state index in [2.05, 4.69) is 0 Å². The second-order valence-corrected chi connectivity index (χ2v) is 8.04. The van der Waals surface area contributed by atoms with Gasteiger partial charge in [0.1, 0.15) is 16.5 Å². The number of carbonyl (C=O) groups excluding carboxylic acids is 1. The van der Waals surface area contributed by atoms with E-state index in [1.165, 1.54) is 30.0 Å². The Morgan fingerprint density at radius 2 is 1.80 bits per heavy atom. The Morgan fingerprint density at radius 1 is 1.12 bits per heavy atom. The minimum atomic E-state index is -4.25. The van der Waals surface area contributed by atoms with Gasteiger partial charge in [-0.15, -0.1) is 16.6 Å². The number of nitrogens with one attached hydrogen (secondary N) is 2. The van der Waals surface area contributed by atoms with E-state index < -0.39 is 26.6 Å². The number of hydrazine groups is 1. The molecule has 0 spiro atoms. The van der Waals surface area contributed by atoms with Crippen molar-refractivity contribution in [2.75, 3.05) is 5.75 Å². The summed E-state index contributed by atoms with van der Waals surface area (Å²) in [5.41, 5.74) is 2.01. The average Bonchev–Trinajstić information content (AvgIpc) is 2.54. The van der Waals surface area contributed by atoms with Gasteiger partial charge in [0.2, 0.25) is 5.91 Å². The number of amides is 1. The molecular weight excluding hydrogens is 394 g/mol. The lowest BCUT2D eigenvalue weighted by Crippen LogP contribution is -2.41. The Labute approximate surface area is 152 Å². The molecule has 134 valence electrons. The van der Waals surface area contributed by atoms with E-state index in [4.69, 9.17) is 11.6 Å². The van der Waals surface area contributed by atoms with Crippen LogP contribution < -0.4 is 10.3 Å². The standard InChI is InChI=1S/C15H13ClF2N2O3S2/c16-10-1-6-14(13(18)9-10)25(22,23)20-19-15(21)7-8-24-12-4-2-11(17)3-5-12/h1-6,9,20H,7-8H2,(H,19,21). The lowest BCUT2D eigenvalue weighted by atomic mass is 10.3. The van der Waals surface area contributed by atoms with Gasteiger partial charge in [-0.3, -0.25) is 10.2 Å². The third-order valence-corrected chi connectivity index (χ3v) is 5.45. The average molecular weight is 407 g/mol. The van der Waals surface area contributed by atoms with Crippen LogP contribution in [0.15, 0.2) is 52.3 Å². The quantitative estimate of drug-likeness (QED) is 0.547. The SMILES string of the molecule is O=C(CCSc1ccc(F)cc1)NNS(=O)(=O)c1ccc(Cl)cc1F. The smallest absolute Gasteiger partial charge is 0.260 e. The van der Waals surface area contributed by atoms with Crippen LogP contribution in [-0.2, 0) is 14.8 Å². The van der Waals surface area contributed by atoms with Gasteiger partial charge >= 0.3 is 0 Å². The van der Waals surface area contributed by atoms with E-state index in [0.717, 1.165) is 17.0 Å². The van der Waals surface area contributed by atoms with Crippen LogP contribution in [0.25, 0.3) is 0 Å². The number of carbonyl (C=O) groups is 1. The van der Waals surface area contributed by atoms with Crippen LogP contribution in [0, 0.1) is 11.6 Å². The number of thioether (sulfide) groups is 1. The first-order chi connectivity index (χ1) is 11.8. The van der Waals surface area contributed by atoms with E-state index in [1.807, 2.05) is 10.3 Å². The predicted molar refractivity (Wildman–Crippen MR) is 91.6 cm³/mol. The monoisotopic (exact) mass is 406 g/mol. The lowest BCUT2D eigenvalue weighted by molar-refractivity contribution is -0.121. The predicted octanol–water partition coefficient (Wildman–Crippen LogP) is 3.11. The molecule has 0 radical (unpaired) electrons. The van der Waals surface area contributed by atoms with Gasteiger partial charge < -0.3 is 0 Å². The van der Waals surface area contributed by atoms with Gasteiger partial charge in [0.05, 0.1) is 0 Å². The van der Waals surface area contributed by atoms with Crippen molar-refractivity contribution < 1.29 is 22.0 Å². The van der Waals surface area contributed by atoms with Gasteiger partial charge in [-0.05, 0) is 42.5 Å². The third kappa shape index (κ3) is 5.96. The molecule has 0 bridgehead atoms. The summed E-state index contributed by atoms with van der Waals surface area (Å²) >= 11 is 6.87. The normalized spacial score (nSPS) is 11.3. The maximum absolute atomic E-state index is 13.6. The van der Waals surface area contributed by atoms with Crippen LogP contribution in [0.4, 0.5) is 8.78 Å². The Hall–Kier alpha value is -1.68. The number of hydrogen-bond donors (Lipinski definition) is 2. The van der Waals surface area contributed by atoms with Crippen molar-refractivity contribution in [2.45, 2.75) is 16.2 Å². The molecule has 2 N–H and O–H groups in total. The minimum absolute atomic E-state index is 0.00760. The topological polar surface area (TPSA) is 75.3 Å². The summed E-state index contributed by atoms with van der Waals surface area (Å²) < 4.78 is 50.3. The molecule has 2 rings (SSSR count). The van der Waals surface area contributed by atoms with Crippen LogP contribution >= 0.6 is 23.4 Å². The molecule has 0 aliphatic carbocycles. The first kappa shape index (κ1) is 19.6. The first-order valence-corrected chi connectivity index (χ1v) is 9.77. The highest BCUT2D eigenvalue weighted by Crippen LogP contribution is 2.19. The minimum Gasteiger partial charge on any atom is -0.278 e. The summed E-state index contributed by atoms with van der Waals surface area (Å²) in [6.07, 6.45) is 0.00760. The summed E-state index contributed by atoms with van der Waals surface area (Å²) in [4.78, 5) is 13.6. The Balaban J connectivity index is 1.83. The second-order valence-electron chi connectivity index (χ2n) is 4.78. The van der Waals surface area contributed by atoms with E-state index in [-0.39, 0.29) is 17.3 Å². The molecule has 0 saturated carbocycles. The molecule has 0 aliphatic rings. The van der Waals surface area contributed by atoms with E-state index in [9.17, 15) is 22.0 Å². The fourth-order valence-electron chi connectivity index (χ4n) is 1.73. The Bertz CT molecular complexity index is 862. The van der Waals surface area contributed by atoms with Crippen LogP contribution in [0.3, 0.4) is 0 Å². The zero-order valence-corrected chi connectivity index (χ0v) is 15.0. The van der Waals surface area contributed by atoms with Crippen molar-refractivity contribution in [1.82, 2.24) is 10.3 Å². The molecule has 2 aromatic carbocycles. The van der Waals surface area contributed by atoms with Gasteiger partial charge in [-0.1, -0.05) is 11.6 Å². The van der Waals surface area contributed by atoms with Crippen molar-refractivity contribution in [3.63, 3.8) is 0 Å². The molecule has 0 heterocycles. The second kappa shape index (κ2) is 8.61. The zero-order valence-electron chi connectivity index (χ0n) is 12.6. The summed E-state index contributed by atoms with van der Waals surface area (Å²) in [7, 11) is -4.25. The number of rotatable bonds is 7. The number of benzene rings is 2. The highest BCUT2D eigenvalue weighted by molar-refractivity contribution is 7.99. The van der Waals surface area contributed by atoms with Crippen molar-refractivity contribution in [1.29, 1.82) is 0 Å². The molecule has 0 atom stereocenters.